The van der Waals surface area contributed by atoms with Gasteiger partial charge in [-0.25, -0.2) is 0 Å². The minimum absolute atomic E-state index is 0.172. The van der Waals surface area contributed by atoms with Crippen molar-refractivity contribution in [1.82, 2.24) is 0 Å². The first-order valence-corrected chi connectivity index (χ1v) is 14.8. The Morgan fingerprint density at radius 2 is 1.11 bits per heavy atom. The molecule has 0 saturated carbocycles. The zero-order valence-corrected chi connectivity index (χ0v) is 23.2. The highest BCUT2D eigenvalue weighted by Crippen LogP contribution is 2.47. The van der Waals surface area contributed by atoms with Gasteiger partial charge in [-0.1, -0.05) is 155 Å². The first-order chi connectivity index (χ1) is 18.7. The van der Waals surface area contributed by atoms with Crippen molar-refractivity contribution in [3.05, 3.63) is 120 Å². The topological polar surface area (TPSA) is 37.3 Å². The number of benzene rings is 3. The highest BCUT2D eigenvalue weighted by atomic mass is 16.4. The Hall–Kier alpha value is -3.13. The molecule has 0 radical (unpaired) electrons. The quantitative estimate of drug-likeness (QED) is 0.136. The smallest absolute Gasteiger partial charge is 0.319 e. The molecule has 202 valence electrons. The molecule has 0 spiro atoms. The SMILES string of the molecule is CCCCCCCC/C=C\CCCCCC(c1ccccc1)C(C(=O)O)(c1ccccc1)c1ccccc1. The third-order valence-corrected chi connectivity index (χ3v) is 7.77. The van der Waals surface area contributed by atoms with Crippen molar-refractivity contribution in [3.8, 4) is 0 Å². The lowest BCUT2D eigenvalue weighted by molar-refractivity contribution is -0.143. The van der Waals surface area contributed by atoms with Gasteiger partial charge >= 0.3 is 5.97 Å². The van der Waals surface area contributed by atoms with Gasteiger partial charge in [0.15, 0.2) is 0 Å². The van der Waals surface area contributed by atoms with E-state index in [9.17, 15) is 9.90 Å². The van der Waals surface area contributed by atoms with Crippen LogP contribution in [0.5, 0.6) is 0 Å². The van der Waals surface area contributed by atoms with Gasteiger partial charge in [-0.2, -0.15) is 0 Å². The van der Waals surface area contributed by atoms with Gasteiger partial charge in [-0.3, -0.25) is 4.79 Å². The number of hydrogen-bond donors (Lipinski definition) is 1. The lowest BCUT2D eigenvalue weighted by Crippen LogP contribution is -2.43. The molecular formula is C36H46O2. The summed E-state index contributed by atoms with van der Waals surface area (Å²) in [5.74, 6) is -0.962. The maximum Gasteiger partial charge on any atom is 0.319 e. The molecule has 1 N–H and O–H groups in total. The van der Waals surface area contributed by atoms with E-state index in [0.717, 1.165) is 48.8 Å². The molecule has 38 heavy (non-hydrogen) atoms. The number of carboxylic acid groups (broad SMARTS) is 1. The van der Waals surface area contributed by atoms with Crippen molar-refractivity contribution in [2.75, 3.05) is 0 Å². The molecule has 0 saturated heterocycles. The largest absolute Gasteiger partial charge is 0.480 e. The molecule has 1 atom stereocenters. The Kier molecular flexibility index (Phi) is 12.9. The Morgan fingerprint density at radius 1 is 0.658 bits per heavy atom. The third-order valence-electron chi connectivity index (χ3n) is 7.77. The van der Waals surface area contributed by atoms with Crippen LogP contribution in [-0.4, -0.2) is 11.1 Å². The van der Waals surface area contributed by atoms with Gasteiger partial charge < -0.3 is 5.11 Å². The second-order valence-corrected chi connectivity index (χ2v) is 10.5. The van der Waals surface area contributed by atoms with E-state index in [1.807, 2.05) is 78.9 Å². The molecule has 1 unspecified atom stereocenters. The summed E-state index contributed by atoms with van der Waals surface area (Å²) in [5.41, 5.74) is 1.61. The van der Waals surface area contributed by atoms with Crippen molar-refractivity contribution < 1.29 is 9.90 Å². The van der Waals surface area contributed by atoms with Crippen molar-refractivity contribution >= 4 is 5.97 Å². The summed E-state index contributed by atoms with van der Waals surface area (Å²) in [4.78, 5) is 13.4. The molecule has 3 aromatic carbocycles. The van der Waals surface area contributed by atoms with Gasteiger partial charge in [0.25, 0.3) is 0 Å². The first-order valence-electron chi connectivity index (χ1n) is 14.8. The summed E-state index contributed by atoms with van der Waals surface area (Å²) in [5, 5.41) is 11.0. The van der Waals surface area contributed by atoms with Crippen LogP contribution in [0, 0.1) is 0 Å². The second kappa shape index (κ2) is 16.7. The van der Waals surface area contributed by atoms with Crippen LogP contribution in [0.1, 0.15) is 107 Å². The average Bonchev–Trinajstić information content (AvgIpc) is 2.96. The molecule has 0 aliphatic heterocycles. The fourth-order valence-corrected chi connectivity index (χ4v) is 5.75. The number of rotatable bonds is 18. The van der Waals surface area contributed by atoms with Crippen molar-refractivity contribution in [2.24, 2.45) is 0 Å². The van der Waals surface area contributed by atoms with E-state index < -0.39 is 11.4 Å². The van der Waals surface area contributed by atoms with Crippen molar-refractivity contribution in [3.63, 3.8) is 0 Å². The normalized spacial score (nSPS) is 12.6. The first kappa shape index (κ1) is 29.4. The van der Waals surface area contributed by atoms with Crippen LogP contribution in [0.2, 0.25) is 0 Å². The van der Waals surface area contributed by atoms with E-state index in [0.29, 0.717) is 0 Å². The van der Waals surface area contributed by atoms with Gasteiger partial charge in [0.2, 0.25) is 0 Å². The van der Waals surface area contributed by atoms with Crippen LogP contribution >= 0.6 is 0 Å². The minimum Gasteiger partial charge on any atom is -0.480 e. The standard InChI is InChI=1S/C36H46O2/c1-2-3-4-5-6-7-8-9-10-11-12-13-23-30-34(31-24-17-14-18-25-31)36(35(37)38,32-26-19-15-20-27-32)33-28-21-16-22-29-33/h9-10,14-22,24-29,34H,2-8,11-13,23,30H2,1H3,(H,37,38)/b10-9-. The van der Waals surface area contributed by atoms with Crippen LogP contribution in [-0.2, 0) is 10.2 Å². The summed E-state index contributed by atoms with van der Waals surface area (Å²) >= 11 is 0. The lowest BCUT2D eigenvalue weighted by Gasteiger charge is -2.39. The highest BCUT2D eigenvalue weighted by molar-refractivity contribution is 5.87. The number of carboxylic acids is 1. The van der Waals surface area contributed by atoms with Crippen LogP contribution in [0.15, 0.2) is 103 Å². The van der Waals surface area contributed by atoms with Gasteiger partial charge in [-0.05, 0) is 48.8 Å². The lowest BCUT2D eigenvalue weighted by atomic mass is 9.62. The van der Waals surface area contributed by atoms with Gasteiger partial charge in [0, 0.05) is 5.92 Å². The number of allylic oxidation sites excluding steroid dienone is 2. The van der Waals surface area contributed by atoms with Crippen molar-refractivity contribution in [2.45, 2.75) is 95.3 Å². The maximum absolute atomic E-state index is 13.4. The van der Waals surface area contributed by atoms with Gasteiger partial charge in [0.05, 0.1) is 0 Å². The van der Waals surface area contributed by atoms with E-state index in [4.69, 9.17) is 0 Å². The molecule has 0 aromatic heterocycles. The Morgan fingerprint density at radius 3 is 1.61 bits per heavy atom. The number of unbranched alkanes of at least 4 members (excludes halogenated alkanes) is 9. The summed E-state index contributed by atoms with van der Waals surface area (Å²) in [6, 6.07) is 29.9. The fourth-order valence-electron chi connectivity index (χ4n) is 5.75. The molecule has 0 heterocycles. The summed E-state index contributed by atoms with van der Waals surface area (Å²) in [6.07, 6.45) is 19.1. The molecule has 3 aromatic rings. The number of carbonyl (C=O) groups is 1. The molecule has 0 fully saturated rings. The minimum atomic E-state index is -1.15. The third kappa shape index (κ3) is 8.18. The van der Waals surface area contributed by atoms with Gasteiger partial charge in [-0.15, -0.1) is 0 Å². The monoisotopic (exact) mass is 510 g/mol. The summed E-state index contributed by atoms with van der Waals surface area (Å²) < 4.78 is 0. The molecule has 0 aliphatic carbocycles. The van der Waals surface area contributed by atoms with E-state index in [2.05, 4.69) is 31.2 Å². The average molecular weight is 511 g/mol. The molecule has 2 heteroatoms. The van der Waals surface area contributed by atoms with Crippen LogP contribution < -0.4 is 0 Å². The van der Waals surface area contributed by atoms with E-state index in [1.165, 1.54) is 44.9 Å². The predicted molar refractivity (Wildman–Crippen MR) is 161 cm³/mol. The zero-order chi connectivity index (χ0) is 26.9. The predicted octanol–water partition coefficient (Wildman–Crippen LogP) is 10.1. The van der Waals surface area contributed by atoms with Crippen LogP contribution in [0.25, 0.3) is 0 Å². The maximum atomic E-state index is 13.4. The van der Waals surface area contributed by atoms with Crippen LogP contribution in [0.3, 0.4) is 0 Å². The molecule has 3 rings (SSSR count). The van der Waals surface area contributed by atoms with E-state index in [1.54, 1.807) is 0 Å². The number of aliphatic carboxylic acids is 1. The Bertz CT molecular complexity index is 1020. The van der Waals surface area contributed by atoms with E-state index >= 15 is 0 Å². The Labute approximate surface area is 230 Å². The molecule has 0 bridgehead atoms. The highest BCUT2D eigenvalue weighted by Gasteiger charge is 2.49. The number of hydrogen-bond acceptors (Lipinski definition) is 1. The van der Waals surface area contributed by atoms with Crippen LogP contribution in [0.4, 0.5) is 0 Å². The van der Waals surface area contributed by atoms with E-state index in [-0.39, 0.29) is 5.92 Å². The fraction of sp³-hybridized carbons (Fsp3) is 0.417. The zero-order valence-electron chi connectivity index (χ0n) is 23.2. The molecule has 0 aliphatic rings. The molecular weight excluding hydrogens is 464 g/mol. The molecule has 0 amide bonds. The Balaban J connectivity index is 1.69. The molecule has 2 nitrogen and oxygen atoms in total. The summed E-state index contributed by atoms with van der Waals surface area (Å²) in [6.45, 7) is 2.26. The van der Waals surface area contributed by atoms with Crippen molar-refractivity contribution in [1.29, 1.82) is 0 Å². The van der Waals surface area contributed by atoms with Gasteiger partial charge in [0.1, 0.15) is 5.41 Å². The second-order valence-electron chi connectivity index (χ2n) is 10.5. The summed E-state index contributed by atoms with van der Waals surface area (Å²) in [7, 11) is 0.